The number of nitrogens with one attached hydrogen (secondary N) is 1. The molecule has 0 fully saturated rings. The Morgan fingerprint density at radius 1 is 1.16 bits per heavy atom. The first-order chi connectivity index (χ1) is 11.9. The third-order valence-corrected chi connectivity index (χ3v) is 3.79. The van der Waals surface area contributed by atoms with Crippen LogP contribution in [0, 0.1) is 24.0 Å². The number of methoxy groups -OCH3 is 1. The summed E-state index contributed by atoms with van der Waals surface area (Å²) in [7, 11) is 1.39. The summed E-state index contributed by atoms with van der Waals surface area (Å²) in [5, 5.41) is 14.0. The molecule has 25 heavy (non-hydrogen) atoms. The van der Waals surface area contributed by atoms with Crippen molar-refractivity contribution >= 4 is 17.3 Å². The van der Waals surface area contributed by atoms with Gasteiger partial charge in [-0.15, -0.1) is 0 Å². The summed E-state index contributed by atoms with van der Waals surface area (Å²) in [5.41, 5.74) is 2.23. The lowest BCUT2D eigenvalue weighted by Crippen LogP contribution is -2.15. The molecule has 2 aromatic carbocycles. The Morgan fingerprint density at radius 3 is 2.44 bits per heavy atom. The molecule has 0 atom stereocenters. The third kappa shape index (κ3) is 4.06. The monoisotopic (exact) mass is 344 g/mol. The Kier molecular flexibility index (Phi) is 5.59. The molecule has 0 heterocycles. The minimum atomic E-state index is -0.618. The summed E-state index contributed by atoms with van der Waals surface area (Å²) >= 11 is 0. The van der Waals surface area contributed by atoms with Gasteiger partial charge in [-0.3, -0.25) is 14.9 Å². The summed E-state index contributed by atoms with van der Waals surface area (Å²) in [6, 6.07) is 7.96. The van der Waals surface area contributed by atoms with E-state index >= 15 is 0 Å². The van der Waals surface area contributed by atoms with E-state index in [2.05, 4.69) is 5.32 Å². The Balaban J connectivity index is 2.44. The number of carbonyl (C=O) groups is 1. The molecule has 132 valence electrons. The van der Waals surface area contributed by atoms with Crippen molar-refractivity contribution in [1.29, 1.82) is 0 Å². The van der Waals surface area contributed by atoms with Crippen LogP contribution in [0.2, 0.25) is 0 Å². The van der Waals surface area contributed by atoms with Crippen LogP contribution in [0.25, 0.3) is 0 Å². The SMILES string of the molecule is CCOc1cc(C(=O)Nc2ccc(C)c(C)c2)c([N+](=O)[O-])cc1OC. The normalized spacial score (nSPS) is 10.2. The fourth-order valence-corrected chi connectivity index (χ4v) is 2.33. The maximum Gasteiger partial charge on any atom is 0.286 e. The van der Waals surface area contributed by atoms with E-state index < -0.39 is 10.8 Å². The first-order valence-electron chi connectivity index (χ1n) is 7.75. The Bertz CT molecular complexity index is 817. The van der Waals surface area contributed by atoms with Gasteiger partial charge < -0.3 is 14.8 Å². The van der Waals surface area contributed by atoms with E-state index in [9.17, 15) is 14.9 Å². The molecule has 1 amide bonds. The maximum atomic E-state index is 12.6. The molecule has 7 nitrogen and oxygen atoms in total. The maximum absolute atomic E-state index is 12.6. The van der Waals surface area contributed by atoms with Gasteiger partial charge in [0.1, 0.15) is 5.56 Å². The highest BCUT2D eigenvalue weighted by Crippen LogP contribution is 2.35. The fraction of sp³-hybridized carbons (Fsp3) is 0.278. The molecule has 2 rings (SSSR count). The van der Waals surface area contributed by atoms with E-state index in [1.165, 1.54) is 19.2 Å². The molecule has 0 aliphatic carbocycles. The van der Waals surface area contributed by atoms with Crippen LogP contribution in [0.4, 0.5) is 11.4 Å². The third-order valence-electron chi connectivity index (χ3n) is 3.79. The number of ether oxygens (including phenoxy) is 2. The molecular weight excluding hydrogens is 324 g/mol. The first kappa shape index (κ1) is 18.3. The number of nitrogens with zero attached hydrogens (tertiary/aromatic N) is 1. The van der Waals surface area contributed by atoms with E-state index in [1.807, 2.05) is 26.0 Å². The van der Waals surface area contributed by atoms with Gasteiger partial charge in [0.2, 0.25) is 0 Å². The molecule has 0 saturated heterocycles. The predicted molar refractivity (Wildman–Crippen MR) is 94.7 cm³/mol. The number of nitro benzene ring substituents is 1. The molecule has 1 N–H and O–H groups in total. The molecule has 0 aliphatic heterocycles. The van der Waals surface area contributed by atoms with Crippen molar-refractivity contribution in [1.82, 2.24) is 0 Å². The van der Waals surface area contributed by atoms with E-state index in [4.69, 9.17) is 9.47 Å². The Morgan fingerprint density at radius 2 is 1.88 bits per heavy atom. The number of rotatable bonds is 6. The molecule has 0 saturated carbocycles. The number of amides is 1. The predicted octanol–water partition coefficient (Wildman–Crippen LogP) is 3.87. The largest absolute Gasteiger partial charge is 0.493 e. The van der Waals surface area contributed by atoms with Crippen molar-refractivity contribution in [2.75, 3.05) is 19.0 Å². The average molecular weight is 344 g/mol. The Labute approximate surface area is 145 Å². The van der Waals surface area contributed by atoms with Crippen LogP contribution in [-0.4, -0.2) is 24.5 Å². The quantitative estimate of drug-likeness (QED) is 0.634. The Hall–Kier alpha value is -3.09. The zero-order valence-electron chi connectivity index (χ0n) is 14.6. The summed E-state index contributed by atoms with van der Waals surface area (Å²) in [5.74, 6) is -0.101. The minimum Gasteiger partial charge on any atom is -0.493 e. The number of nitro groups is 1. The molecule has 2 aromatic rings. The smallest absolute Gasteiger partial charge is 0.286 e. The summed E-state index contributed by atoms with van der Waals surface area (Å²) in [6.45, 7) is 6.00. The van der Waals surface area contributed by atoms with Gasteiger partial charge in [-0.05, 0) is 44.0 Å². The second kappa shape index (κ2) is 7.65. The van der Waals surface area contributed by atoms with E-state index in [0.29, 0.717) is 12.3 Å². The summed E-state index contributed by atoms with van der Waals surface area (Å²) in [6.07, 6.45) is 0. The van der Waals surface area contributed by atoms with Gasteiger partial charge in [-0.2, -0.15) is 0 Å². The fourth-order valence-electron chi connectivity index (χ4n) is 2.33. The van der Waals surface area contributed by atoms with Gasteiger partial charge in [0.25, 0.3) is 11.6 Å². The number of anilines is 1. The zero-order valence-corrected chi connectivity index (χ0v) is 14.6. The van der Waals surface area contributed by atoms with Crippen LogP contribution in [-0.2, 0) is 0 Å². The van der Waals surface area contributed by atoms with Gasteiger partial charge in [-0.25, -0.2) is 0 Å². The molecule has 0 unspecified atom stereocenters. The lowest BCUT2D eigenvalue weighted by Gasteiger charge is -2.12. The van der Waals surface area contributed by atoms with Gasteiger partial charge in [0.05, 0.1) is 24.7 Å². The van der Waals surface area contributed by atoms with Crippen molar-refractivity contribution in [2.24, 2.45) is 0 Å². The van der Waals surface area contributed by atoms with Crippen LogP contribution in [0.5, 0.6) is 11.5 Å². The first-order valence-corrected chi connectivity index (χ1v) is 7.75. The van der Waals surface area contributed by atoms with Crippen LogP contribution in [0.3, 0.4) is 0 Å². The van der Waals surface area contributed by atoms with Crippen molar-refractivity contribution in [2.45, 2.75) is 20.8 Å². The number of benzene rings is 2. The number of aryl methyl sites for hydroxylation is 2. The molecule has 0 aliphatic rings. The summed E-state index contributed by atoms with van der Waals surface area (Å²) < 4.78 is 10.5. The van der Waals surface area contributed by atoms with Crippen molar-refractivity contribution in [3.05, 3.63) is 57.1 Å². The highest BCUT2D eigenvalue weighted by molar-refractivity contribution is 6.07. The summed E-state index contributed by atoms with van der Waals surface area (Å²) in [4.78, 5) is 23.3. The number of hydrogen-bond donors (Lipinski definition) is 1. The van der Waals surface area contributed by atoms with E-state index in [-0.39, 0.29) is 22.7 Å². The van der Waals surface area contributed by atoms with Gasteiger partial charge in [-0.1, -0.05) is 6.07 Å². The highest BCUT2D eigenvalue weighted by atomic mass is 16.6. The van der Waals surface area contributed by atoms with Crippen LogP contribution in [0.1, 0.15) is 28.4 Å². The van der Waals surface area contributed by atoms with E-state index in [0.717, 1.165) is 11.1 Å². The standard InChI is InChI=1S/C18H20N2O5/c1-5-25-17-9-14(15(20(22)23)10-16(17)24-4)18(21)19-13-7-6-11(2)12(3)8-13/h6-10H,5H2,1-4H3,(H,19,21). The van der Waals surface area contributed by atoms with Gasteiger partial charge >= 0.3 is 0 Å². The lowest BCUT2D eigenvalue weighted by molar-refractivity contribution is -0.385. The molecule has 0 spiro atoms. The molecule has 7 heteroatoms. The van der Waals surface area contributed by atoms with Crippen molar-refractivity contribution in [3.63, 3.8) is 0 Å². The second-order valence-corrected chi connectivity index (χ2v) is 5.46. The van der Waals surface area contributed by atoms with Crippen LogP contribution < -0.4 is 14.8 Å². The topological polar surface area (TPSA) is 90.7 Å². The highest BCUT2D eigenvalue weighted by Gasteiger charge is 2.25. The van der Waals surface area contributed by atoms with Crippen molar-refractivity contribution < 1.29 is 19.2 Å². The van der Waals surface area contributed by atoms with Crippen LogP contribution in [0.15, 0.2) is 30.3 Å². The second-order valence-electron chi connectivity index (χ2n) is 5.46. The van der Waals surface area contributed by atoms with Crippen molar-refractivity contribution in [3.8, 4) is 11.5 Å². The molecular formula is C18H20N2O5. The van der Waals surface area contributed by atoms with Gasteiger partial charge in [0, 0.05) is 11.8 Å². The zero-order chi connectivity index (χ0) is 18.6. The average Bonchev–Trinajstić information content (AvgIpc) is 2.57. The number of carbonyl (C=O) groups excluding carboxylic acids is 1. The van der Waals surface area contributed by atoms with Gasteiger partial charge in [0.15, 0.2) is 11.5 Å². The lowest BCUT2D eigenvalue weighted by atomic mass is 10.1. The molecule has 0 aromatic heterocycles. The molecule has 0 bridgehead atoms. The van der Waals surface area contributed by atoms with Crippen LogP contribution >= 0.6 is 0 Å². The molecule has 0 radical (unpaired) electrons. The van der Waals surface area contributed by atoms with E-state index in [1.54, 1.807) is 13.0 Å². The number of hydrogen-bond acceptors (Lipinski definition) is 5. The minimum absolute atomic E-state index is 0.0903.